The molecule has 0 bridgehead atoms. The van der Waals surface area contributed by atoms with Crippen LogP contribution in [-0.2, 0) is 4.79 Å². The first kappa shape index (κ1) is 13.8. The van der Waals surface area contributed by atoms with Crippen LogP contribution in [0.4, 0.5) is 0 Å². The van der Waals surface area contributed by atoms with Crippen LogP contribution in [-0.4, -0.2) is 41.7 Å². The van der Waals surface area contributed by atoms with Crippen molar-refractivity contribution < 1.29 is 9.90 Å². The molecule has 0 aromatic rings. The smallest absolute Gasteiger partial charge is 0.223 e. The van der Waals surface area contributed by atoms with E-state index in [-0.39, 0.29) is 17.4 Å². The zero-order chi connectivity index (χ0) is 13.2. The van der Waals surface area contributed by atoms with Gasteiger partial charge < -0.3 is 15.7 Å². The molecule has 1 amide bonds. The van der Waals surface area contributed by atoms with E-state index in [9.17, 15) is 9.90 Å². The number of hydrogen-bond donors (Lipinski definition) is 2. The standard InChI is InChI=1S/C14H26N2O2/c1-11(17)12-3-7-16(8-4-12)13(18)9-14(10-15)5-2-6-14/h11-12,17H,2-10,15H2,1H3. The summed E-state index contributed by atoms with van der Waals surface area (Å²) in [6, 6.07) is 0. The Balaban J connectivity index is 1.80. The number of aliphatic hydroxyl groups excluding tert-OH is 1. The minimum Gasteiger partial charge on any atom is -0.393 e. The van der Waals surface area contributed by atoms with E-state index in [2.05, 4.69) is 0 Å². The van der Waals surface area contributed by atoms with Crippen molar-refractivity contribution in [3.8, 4) is 0 Å². The van der Waals surface area contributed by atoms with Crippen LogP contribution in [0.15, 0.2) is 0 Å². The van der Waals surface area contributed by atoms with Gasteiger partial charge in [-0.15, -0.1) is 0 Å². The summed E-state index contributed by atoms with van der Waals surface area (Å²) in [6.45, 7) is 4.09. The summed E-state index contributed by atoms with van der Waals surface area (Å²) in [4.78, 5) is 14.2. The number of aliphatic hydroxyl groups is 1. The van der Waals surface area contributed by atoms with Gasteiger partial charge in [0.2, 0.25) is 5.91 Å². The van der Waals surface area contributed by atoms with E-state index in [1.165, 1.54) is 6.42 Å². The highest BCUT2D eigenvalue weighted by Crippen LogP contribution is 2.43. The Bertz CT molecular complexity index is 287. The first-order valence-electron chi connectivity index (χ1n) is 7.22. The Morgan fingerprint density at radius 1 is 1.44 bits per heavy atom. The Hall–Kier alpha value is -0.610. The lowest BCUT2D eigenvalue weighted by Crippen LogP contribution is -2.46. The summed E-state index contributed by atoms with van der Waals surface area (Å²) in [7, 11) is 0. The topological polar surface area (TPSA) is 66.6 Å². The van der Waals surface area contributed by atoms with Crippen LogP contribution in [0.2, 0.25) is 0 Å². The summed E-state index contributed by atoms with van der Waals surface area (Å²) in [5.74, 6) is 0.630. The van der Waals surface area contributed by atoms with Crippen molar-refractivity contribution in [3.63, 3.8) is 0 Å². The van der Waals surface area contributed by atoms with E-state index < -0.39 is 0 Å². The van der Waals surface area contributed by atoms with E-state index in [1.54, 1.807) is 0 Å². The van der Waals surface area contributed by atoms with Gasteiger partial charge in [-0.2, -0.15) is 0 Å². The largest absolute Gasteiger partial charge is 0.393 e. The molecule has 2 fully saturated rings. The van der Waals surface area contributed by atoms with Crippen molar-refractivity contribution >= 4 is 5.91 Å². The minimum atomic E-state index is -0.246. The first-order chi connectivity index (χ1) is 8.56. The predicted octanol–water partition coefficient (Wildman–Crippen LogP) is 1.12. The summed E-state index contributed by atoms with van der Waals surface area (Å²) in [5, 5.41) is 9.55. The maximum absolute atomic E-state index is 12.2. The fourth-order valence-corrected chi connectivity index (χ4v) is 3.19. The van der Waals surface area contributed by atoms with Crippen LogP contribution in [0.25, 0.3) is 0 Å². The molecule has 1 heterocycles. The average molecular weight is 254 g/mol. The van der Waals surface area contributed by atoms with E-state index >= 15 is 0 Å². The number of likely N-dealkylation sites (tertiary alicyclic amines) is 1. The second-order valence-electron chi connectivity index (χ2n) is 6.19. The number of carbonyl (C=O) groups is 1. The molecule has 1 saturated carbocycles. The fraction of sp³-hybridized carbons (Fsp3) is 0.929. The third-order valence-corrected chi connectivity index (χ3v) is 4.95. The van der Waals surface area contributed by atoms with Crippen molar-refractivity contribution in [1.29, 1.82) is 0 Å². The van der Waals surface area contributed by atoms with Gasteiger partial charge in [0.15, 0.2) is 0 Å². The highest BCUT2D eigenvalue weighted by Gasteiger charge is 2.39. The zero-order valence-corrected chi connectivity index (χ0v) is 11.4. The second kappa shape index (κ2) is 5.57. The number of nitrogens with two attached hydrogens (primary N) is 1. The molecule has 2 rings (SSSR count). The third-order valence-electron chi connectivity index (χ3n) is 4.95. The normalized spacial score (nSPS) is 25.6. The van der Waals surface area contributed by atoms with Crippen molar-refractivity contribution in [3.05, 3.63) is 0 Å². The molecule has 2 aliphatic rings. The van der Waals surface area contributed by atoms with Gasteiger partial charge in [-0.1, -0.05) is 6.42 Å². The SMILES string of the molecule is CC(O)C1CCN(C(=O)CC2(CN)CCC2)CC1. The third kappa shape index (κ3) is 2.86. The quantitative estimate of drug-likeness (QED) is 0.790. The summed E-state index contributed by atoms with van der Waals surface area (Å²) in [6.07, 6.45) is 5.68. The molecule has 3 N–H and O–H groups in total. The van der Waals surface area contributed by atoms with Crippen molar-refractivity contribution in [2.24, 2.45) is 17.1 Å². The van der Waals surface area contributed by atoms with Crippen LogP contribution < -0.4 is 5.73 Å². The van der Waals surface area contributed by atoms with Crippen LogP contribution in [0.5, 0.6) is 0 Å². The second-order valence-corrected chi connectivity index (χ2v) is 6.19. The lowest BCUT2D eigenvalue weighted by molar-refractivity contribution is -0.137. The number of carbonyl (C=O) groups excluding carboxylic acids is 1. The fourth-order valence-electron chi connectivity index (χ4n) is 3.19. The zero-order valence-electron chi connectivity index (χ0n) is 11.4. The molecule has 1 atom stereocenters. The molecule has 4 heteroatoms. The van der Waals surface area contributed by atoms with Gasteiger partial charge in [0.05, 0.1) is 6.10 Å². The number of piperidine rings is 1. The van der Waals surface area contributed by atoms with Crippen molar-refractivity contribution in [2.45, 2.75) is 51.6 Å². The Kier molecular flexibility index (Phi) is 4.28. The van der Waals surface area contributed by atoms with Crippen LogP contribution in [0.1, 0.15) is 45.4 Å². The average Bonchev–Trinajstić information content (AvgIpc) is 2.33. The minimum absolute atomic E-state index is 0.109. The van der Waals surface area contributed by atoms with Gasteiger partial charge in [-0.3, -0.25) is 4.79 Å². The van der Waals surface area contributed by atoms with E-state index in [4.69, 9.17) is 5.73 Å². The molecular weight excluding hydrogens is 228 g/mol. The van der Waals surface area contributed by atoms with Gasteiger partial charge in [0, 0.05) is 19.5 Å². The summed E-state index contributed by atoms with van der Waals surface area (Å²) >= 11 is 0. The molecule has 104 valence electrons. The Morgan fingerprint density at radius 3 is 2.44 bits per heavy atom. The molecular formula is C14H26N2O2. The maximum atomic E-state index is 12.2. The number of amides is 1. The van der Waals surface area contributed by atoms with E-state index in [1.807, 2.05) is 11.8 Å². The van der Waals surface area contributed by atoms with Gasteiger partial charge in [-0.25, -0.2) is 0 Å². The van der Waals surface area contributed by atoms with Crippen molar-refractivity contribution in [2.75, 3.05) is 19.6 Å². The molecule has 0 radical (unpaired) electrons. The molecule has 0 aromatic heterocycles. The van der Waals surface area contributed by atoms with Crippen LogP contribution >= 0.6 is 0 Å². The molecule has 1 aliphatic carbocycles. The maximum Gasteiger partial charge on any atom is 0.223 e. The molecule has 1 aliphatic heterocycles. The molecule has 4 nitrogen and oxygen atoms in total. The molecule has 18 heavy (non-hydrogen) atoms. The monoisotopic (exact) mass is 254 g/mol. The van der Waals surface area contributed by atoms with E-state index in [0.29, 0.717) is 18.9 Å². The van der Waals surface area contributed by atoms with E-state index in [0.717, 1.165) is 38.8 Å². The van der Waals surface area contributed by atoms with Gasteiger partial charge >= 0.3 is 0 Å². The van der Waals surface area contributed by atoms with Gasteiger partial charge in [0.25, 0.3) is 0 Å². The summed E-state index contributed by atoms with van der Waals surface area (Å²) in [5.41, 5.74) is 5.91. The first-order valence-corrected chi connectivity index (χ1v) is 7.22. The van der Waals surface area contributed by atoms with Crippen molar-refractivity contribution in [1.82, 2.24) is 4.90 Å². The molecule has 0 spiro atoms. The molecule has 1 saturated heterocycles. The lowest BCUT2D eigenvalue weighted by Gasteiger charge is -2.42. The molecule has 0 aromatic carbocycles. The molecule has 1 unspecified atom stereocenters. The summed E-state index contributed by atoms with van der Waals surface area (Å²) < 4.78 is 0. The number of hydrogen-bond acceptors (Lipinski definition) is 3. The highest BCUT2D eigenvalue weighted by molar-refractivity contribution is 5.77. The number of rotatable bonds is 4. The Morgan fingerprint density at radius 2 is 2.06 bits per heavy atom. The van der Waals surface area contributed by atoms with Crippen LogP contribution in [0.3, 0.4) is 0 Å². The lowest BCUT2D eigenvalue weighted by atomic mass is 9.66. The van der Waals surface area contributed by atoms with Crippen LogP contribution in [0, 0.1) is 11.3 Å². The predicted molar refractivity (Wildman–Crippen MR) is 70.9 cm³/mol. The highest BCUT2D eigenvalue weighted by atomic mass is 16.3. The van der Waals surface area contributed by atoms with Gasteiger partial charge in [0.1, 0.15) is 0 Å². The number of nitrogens with zero attached hydrogens (tertiary/aromatic N) is 1. The van der Waals surface area contributed by atoms with Gasteiger partial charge in [-0.05, 0) is 50.5 Å². The Labute approximate surface area is 110 Å².